The van der Waals surface area contributed by atoms with Gasteiger partial charge in [0.25, 0.3) is 0 Å². The molecule has 1 aromatic rings. The van der Waals surface area contributed by atoms with Crippen LogP contribution in [-0.2, 0) is 4.65 Å². The number of hydrogen-bond donors (Lipinski definition) is 2. The van der Waals surface area contributed by atoms with Gasteiger partial charge in [-0.1, -0.05) is 0 Å². The Hall–Kier alpha value is -0.805. The third-order valence-electron chi connectivity index (χ3n) is 3.64. The number of aliphatic hydroxyl groups is 1. The van der Waals surface area contributed by atoms with Crippen LogP contribution < -0.4 is 5.46 Å². The Bertz CT molecular complexity index is 391. The Kier molecular flexibility index (Phi) is 3.08. The van der Waals surface area contributed by atoms with Gasteiger partial charge in [-0.05, 0) is 46.0 Å². The first-order valence-electron chi connectivity index (χ1n) is 6.08. The number of nitrogens with one attached hydrogen (secondary N) is 1. The molecule has 4 nitrogen and oxygen atoms in total. The van der Waals surface area contributed by atoms with E-state index < -0.39 is 11.2 Å². The summed E-state index contributed by atoms with van der Waals surface area (Å²) in [6.45, 7) is 7.25. The zero-order valence-corrected chi connectivity index (χ0v) is 10.9. The van der Waals surface area contributed by atoms with Crippen molar-refractivity contribution in [2.24, 2.45) is 0 Å². The van der Waals surface area contributed by atoms with Crippen molar-refractivity contribution in [3.8, 4) is 0 Å². The zero-order chi connectivity index (χ0) is 12.7. The molecular weight excluding hydrogens is 215 g/mol. The van der Waals surface area contributed by atoms with Crippen LogP contribution in [0.2, 0.25) is 0 Å². The van der Waals surface area contributed by atoms with Gasteiger partial charge in [0.2, 0.25) is 0 Å². The standard InChI is InChI=1S/C12H20BN2O2/c1-11(2,16)12(3,4)17-13-9-7-14-15-10(9)8-5-6-8/h7-8,16H,5-6H2,1-4H3,(H,14,15). The highest BCUT2D eigenvalue weighted by Crippen LogP contribution is 2.38. The van der Waals surface area contributed by atoms with Gasteiger partial charge in [-0.2, -0.15) is 5.10 Å². The molecule has 0 bridgehead atoms. The summed E-state index contributed by atoms with van der Waals surface area (Å²) >= 11 is 0. The molecule has 2 N–H and O–H groups in total. The summed E-state index contributed by atoms with van der Waals surface area (Å²) in [7, 11) is 1.70. The van der Waals surface area contributed by atoms with Crippen molar-refractivity contribution in [2.45, 2.75) is 57.7 Å². The number of aromatic nitrogens is 2. The number of H-pyrrole nitrogens is 1. The van der Waals surface area contributed by atoms with E-state index in [0.717, 1.165) is 11.2 Å². The first kappa shape index (κ1) is 12.6. The minimum Gasteiger partial charge on any atom is -0.426 e. The average molecular weight is 235 g/mol. The van der Waals surface area contributed by atoms with Crippen LogP contribution in [0.25, 0.3) is 0 Å². The zero-order valence-electron chi connectivity index (χ0n) is 10.9. The summed E-state index contributed by atoms with van der Waals surface area (Å²) in [5.74, 6) is 0.609. The Labute approximate surface area is 103 Å². The Morgan fingerprint density at radius 3 is 2.59 bits per heavy atom. The van der Waals surface area contributed by atoms with E-state index in [2.05, 4.69) is 10.2 Å². The van der Waals surface area contributed by atoms with Crippen molar-refractivity contribution < 1.29 is 9.76 Å². The second-order valence-electron chi connectivity index (χ2n) is 5.82. The first-order valence-corrected chi connectivity index (χ1v) is 6.08. The molecule has 2 rings (SSSR count). The van der Waals surface area contributed by atoms with E-state index >= 15 is 0 Å². The van der Waals surface area contributed by atoms with Gasteiger partial charge in [0, 0.05) is 17.8 Å². The average Bonchev–Trinajstić information content (AvgIpc) is 2.93. The molecular formula is C12H20BN2O2. The molecule has 93 valence electrons. The number of hydrogen-bond acceptors (Lipinski definition) is 3. The van der Waals surface area contributed by atoms with Crippen molar-refractivity contribution in [1.29, 1.82) is 0 Å². The van der Waals surface area contributed by atoms with Crippen LogP contribution in [0.15, 0.2) is 6.20 Å². The second-order valence-corrected chi connectivity index (χ2v) is 5.82. The molecule has 1 fully saturated rings. The quantitative estimate of drug-likeness (QED) is 0.751. The summed E-state index contributed by atoms with van der Waals surface area (Å²) < 4.78 is 5.72. The lowest BCUT2D eigenvalue weighted by molar-refractivity contribution is -0.0893. The molecule has 1 saturated carbocycles. The van der Waals surface area contributed by atoms with Crippen molar-refractivity contribution >= 4 is 12.9 Å². The summed E-state index contributed by atoms with van der Waals surface area (Å²) in [6.07, 6.45) is 4.21. The predicted octanol–water partition coefficient (Wildman–Crippen LogP) is 1.10. The molecule has 0 aromatic carbocycles. The van der Waals surface area contributed by atoms with Gasteiger partial charge in [0.1, 0.15) is 0 Å². The number of aromatic amines is 1. The van der Waals surface area contributed by atoms with Gasteiger partial charge < -0.3 is 9.76 Å². The molecule has 0 atom stereocenters. The number of nitrogens with zero attached hydrogens (tertiary/aromatic N) is 1. The molecule has 0 amide bonds. The normalized spacial score (nSPS) is 17.2. The van der Waals surface area contributed by atoms with Crippen LogP contribution in [-0.4, -0.2) is 34.0 Å². The molecule has 1 aromatic heterocycles. The Morgan fingerprint density at radius 1 is 1.41 bits per heavy atom. The molecule has 1 heterocycles. The fraction of sp³-hybridized carbons (Fsp3) is 0.750. The molecule has 1 aliphatic carbocycles. The highest BCUT2D eigenvalue weighted by Gasteiger charge is 2.36. The maximum absolute atomic E-state index is 10.00. The van der Waals surface area contributed by atoms with Gasteiger partial charge >= 0.3 is 7.48 Å². The van der Waals surface area contributed by atoms with E-state index in [1.165, 1.54) is 12.8 Å². The van der Waals surface area contributed by atoms with E-state index in [1.54, 1.807) is 27.5 Å². The van der Waals surface area contributed by atoms with Gasteiger partial charge in [-0.3, -0.25) is 5.10 Å². The predicted molar refractivity (Wildman–Crippen MR) is 67.4 cm³/mol. The monoisotopic (exact) mass is 235 g/mol. The van der Waals surface area contributed by atoms with Crippen LogP contribution in [0.3, 0.4) is 0 Å². The van der Waals surface area contributed by atoms with E-state index in [-0.39, 0.29) is 0 Å². The largest absolute Gasteiger partial charge is 0.426 e. The molecule has 1 aliphatic rings. The molecule has 0 saturated heterocycles. The smallest absolute Gasteiger partial charge is 0.334 e. The highest BCUT2D eigenvalue weighted by atomic mass is 16.5. The van der Waals surface area contributed by atoms with E-state index in [9.17, 15) is 5.11 Å². The SMILES string of the molecule is CC(C)(O)C(C)(C)O[B]c1cn[nH]c1C1CC1. The maximum atomic E-state index is 10.00. The lowest BCUT2D eigenvalue weighted by atomic mass is 9.82. The summed E-state index contributed by atoms with van der Waals surface area (Å²) in [6, 6.07) is 0. The van der Waals surface area contributed by atoms with Crippen LogP contribution in [0.5, 0.6) is 0 Å². The van der Waals surface area contributed by atoms with Crippen LogP contribution in [0.4, 0.5) is 0 Å². The summed E-state index contributed by atoms with van der Waals surface area (Å²) in [5, 5.41) is 17.1. The topological polar surface area (TPSA) is 58.1 Å². The fourth-order valence-electron chi connectivity index (χ4n) is 1.45. The molecule has 0 aliphatic heterocycles. The molecule has 1 radical (unpaired) electrons. The van der Waals surface area contributed by atoms with Crippen molar-refractivity contribution in [2.75, 3.05) is 0 Å². The van der Waals surface area contributed by atoms with Crippen LogP contribution in [0.1, 0.15) is 52.1 Å². The van der Waals surface area contributed by atoms with Gasteiger partial charge in [-0.15, -0.1) is 0 Å². The van der Waals surface area contributed by atoms with Crippen LogP contribution in [0, 0.1) is 0 Å². The third kappa shape index (κ3) is 2.72. The molecule has 5 heteroatoms. The minimum atomic E-state index is -0.896. The minimum absolute atomic E-state index is 0.609. The lowest BCUT2D eigenvalue weighted by Crippen LogP contribution is -2.49. The van der Waals surface area contributed by atoms with E-state index in [0.29, 0.717) is 5.92 Å². The molecule has 0 spiro atoms. The Morgan fingerprint density at radius 2 is 2.06 bits per heavy atom. The van der Waals surface area contributed by atoms with Gasteiger partial charge in [0.15, 0.2) is 0 Å². The van der Waals surface area contributed by atoms with E-state index in [4.69, 9.17) is 4.65 Å². The molecule has 17 heavy (non-hydrogen) atoms. The van der Waals surface area contributed by atoms with Crippen molar-refractivity contribution in [3.63, 3.8) is 0 Å². The van der Waals surface area contributed by atoms with Gasteiger partial charge in [0.05, 0.1) is 11.2 Å². The van der Waals surface area contributed by atoms with E-state index in [1.807, 2.05) is 13.8 Å². The lowest BCUT2D eigenvalue weighted by Gasteiger charge is -2.37. The van der Waals surface area contributed by atoms with Crippen molar-refractivity contribution in [1.82, 2.24) is 10.2 Å². The molecule has 0 unspecified atom stereocenters. The second kappa shape index (κ2) is 4.14. The fourth-order valence-corrected chi connectivity index (χ4v) is 1.45. The maximum Gasteiger partial charge on any atom is 0.334 e. The summed E-state index contributed by atoms with van der Waals surface area (Å²) in [4.78, 5) is 0. The van der Waals surface area contributed by atoms with Gasteiger partial charge in [-0.25, -0.2) is 0 Å². The Balaban J connectivity index is 2.00. The number of rotatable bonds is 5. The van der Waals surface area contributed by atoms with Crippen LogP contribution >= 0.6 is 0 Å². The highest BCUT2D eigenvalue weighted by molar-refractivity contribution is 6.47. The first-order chi connectivity index (χ1) is 7.81. The summed E-state index contributed by atoms with van der Waals surface area (Å²) in [5.41, 5.74) is 0.610. The third-order valence-corrected chi connectivity index (χ3v) is 3.64. The van der Waals surface area contributed by atoms with Crippen molar-refractivity contribution in [3.05, 3.63) is 11.9 Å².